The van der Waals surface area contributed by atoms with Crippen molar-refractivity contribution in [2.75, 3.05) is 5.32 Å². The molecule has 1 unspecified atom stereocenters. The van der Waals surface area contributed by atoms with Crippen molar-refractivity contribution in [2.24, 2.45) is 0 Å². The molecule has 0 aliphatic carbocycles. The maximum atomic E-state index is 12.4. The molecular formula is C17H19NO2. The lowest BCUT2D eigenvalue weighted by Crippen LogP contribution is -2.21. The van der Waals surface area contributed by atoms with Gasteiger partial charge in [0.2, 0.25) is 5.91 Å². The zero-order valence-electron chi connectivity index (χ0n) is 11.5. The van der Waals surface area contributed by atoms with E-state index in [9.17, 15) is 9.90 Å². The van der Waals surface area contributed by atoms with Crippen LogP contribution in [0.25, 0.3) is 0 Å². The van der Waals surface area contributed by atoms with Gasteiger partial charge in [-0.25, -0.2) is 0 Å². The summed E-state index contributed by atoms with van der Waals surface area (Å²) >= 11 is 0. The number of benzene rings is 2. The summed E-state index contributed by atoms with van der Waals surface area (Å²) in [5.41, 5.74) is 1.64. The average Bonchev–Trinajstić information content (AvgIpc) is 2.45. The van der Waals surface area contributed by atoms with Gasteiger partial charge in [-0.1, -0.05) is 49.7 Å². The predicted octanol–water partition coefficient (Wildman–Crippen LogP) is 3.91. The van der Waals surface area contributed by atoms with E-state index in [1.165, 1.54) is 0 Å². The van der Waals surface area contributed by atoms with Crippen molar-refractivity contribution in [1.82, 2.24) is 0 Å². The molecule has 0 spiro atoms. The molecule has 0 saturated carbocycles. The second-order valence-corrected chi connectivity index (χ2v) is 4.79. The Bertz CT molecular complexity index is 566. The predicted molar refractivity (Wildman–Crippen MR) is 80.8 cm³/mol. The number of aromatic hydroxyl groups is 1. The summed E-state index contributed by atoms with van der Waals surface area (Å²) in [6.07, 6.45) is 1.74. The standard InChI is InChI=1S/C17H19NO2/c1-2-7-16(13-8-4-3-5-9-13)17(20)18-14-10-6-11-15(19)12-14/h3-6,8-12,16,19H,2,7H2,1H3,(H,18,20). The number of hydrogen-bond acceptors (Lipinski definition) is 2. The molecule has 1 atom stereocenters. The van der Waals surface area contributed by atoms with Crippen molar-refractivity contribution >= 4 is 11.6 Å². The molecule has 1 amide bonds. The van der Waals surface area contributed by atoms with E-state index in [-0.39, 0.29) is 17.6 Å². The maximum absolute atomic E-state index is 12.4. The summed E-state index contributed by atoms with van der Waals surface area (Å²) in [6.45, 7) is 2.07. The number of hydrogen-bond donors (Lipinski definition) is 2. The number of carbonyl (C=O) groups excluding carboxylic acids is 1. The van der Waals surface area contributed by atoms with Crippen LogP contribution in [0.4, 0.5) is 5.69 Å². The summed E-state index contributed by atoms with van der Waals surface area (Å²) in [5.74, 6) is -0.0539. The second-order valence-electron chi connectivity index (χ2n) is 4.79. The molecule has 0 aromatic heterocycles. The Morgan fingerprint density at radius 2 is 1.90 bits per heavy atom. The van der Waals surface area contributed by atoms with Crippen molar-refractivity contribution in [3.8, 4) is 5.75 Å². The monoisotopic (exact) mass is 269 g/mol. The molecule has 3 nitrogen and oxygen atoms in total. The molecule has 0 radical (unpaired) electrons. The molecule has 3 heteroatoms. The van der Waals surface area contributed by atoms with E-state index >= 15 is 0 Å². The van der Waals surface area contributed by atoms with E-state index in [4.69, 9.17) is 0 Å². The van der Waals surface area contributed by atoms with E-state index < -0.39 is 0 Å². The van der Waals surface area contributed by atoms with E-state index in [0.29, 0.717) is 5.69 Å². The third-order valence-corrected chi connectivity index (χ3v) is 3.21. The molecular weight excluding hydrogens is 250 g/mol. The zero-order valence-corrected chi connectivity index (χ0v) is 11.5. The van der Waals surface area contributed by atoms with Gasteiger partial charge in [-0.3, -0.25) is 4.79 Å². The zero-order chi connectivity index (χ0) is 14.4. The number of amides is 1. The fourth-order valence-corrected chi connectivity index (χ4v) is 2.24. The van der Waals surface area contributed by atoms with Crippen LogP contribution in [0, 0.1) is 0 Å². The first kappa shape index (κ1) is 14.1. The molecule has 0 heterocycles. The fraction of sp³-hybridized carbons (Fsp3) is 0.235. The molecule has 2 aromatic rings. The van der Waals surface area contributed by atoms with Gasteiger partial charge in [0.1, 0.15) is 5.75 Å². The lowest BCUT2D eigenvalue weighted by Gasteiger charge is -2.16. The number of nitrogens with one attached hydrogen (secondary N) is 1. The van der Waals surface area contributed by atoms with Gasteiger partial charge < -0.3 is 10.4 Å². The van der Waals surface area contributed by atoms with Crippen molar-refractivity contribution in [3.63, 3.8) is 0 Å². The van der Waals surface area contributed by atoms with E-state index in [0.717, 1.165) is 18.4 Å². The Morgan fingerprint density at radius 3 is 2.55 bits per heavy atom. The highest BCUT2D eigenvalue weighted by Crippen LogP contribution is 2.24. The summed E-state index contributed by atoms with van der Waals surface area (Å²) in [7, 11) is 0. The molecule has 0 aliphatic heterocycles. The third-order valence-electron chi connectivity index (χ3n) is 3.21. The fourth-order valence-electron chi connectivity index (χ4n) is 2.24. The minimum absolute atomic E-state index is 0.0383. The van der Waals surface area contributed by atoms with Gasteiger partial charge in [0.25, 0.3) is 0 Å². The van der Waals surface area contributed by atoms with Gasteiger partial charge in [0.15, 0.2) is 0 Å². The molecule has 0 fully saturated rings. The number of anilines is 1. The first-order valence-corrected chi connectivity index (χ1v) is 6.85. The molecule has 20 heavy (non-hydrogen) atoms. The van der Waals surface area contributed by atoms with Crippen molar-refractivity contribution in [1.29, 1.82) is 0 Å². The quantitative estimate of drug-likeness (QED) is 0.864. The minimum Gasteiger partial charge on any atom is -0.508 e. The van der Waals surface area contributed by atoms with E-state index in [1.807, 2.05) is 30.3 Å². The largest absolute Gasteiger partial charge is 0.508 e. The number of carbonyl (C=O) groups is 1. The topological polar surface area (TPSA) is 49.3 Å². The average molecular weight is 269 g/mol. The van der Waals surface area contributed by atoms with Gasteiger partial charge >= 0.3 is 0 Å². The lowest BCUT2D eigenvalue weighted by molar-refractivity contribution is -0.117. The summed E-state index contributed by atoms with van der Waals surface area (Å²) in [5, 5.41) is 12.3. The van der Waals surface area contributed by atoms with Crippen LogP contribution < -0.4 is 5.32 Å². The highest BCUT2D eigenvalue weighted by molar-refractivity contribution is 5.95. The van der Waals surface area contributed by atoms with Gasteiger partial charge in [0, 0.05) is 11.8 Å². The van der Waals surface area contributed by atoms with Crippen LogP contribution in [-0.4, -0.2) is 11.0 Å². The molecule has 0 bridgehead atoms. The smallest absolute Gasteiger partial charge is 0.231 e. The molecule has 2 rings (SSSR count). The molecule has 0 aliphatic rings. The van der Waals surface area contributed by atoms with Crippen LogP contribution in [0.1, 0.15) is 31.2 Å². The van der Waals surface area contributed by atoms with Crippen molar-refractivity contribution in [2.45, 2.75) is 25.7 Å². The van der Waals surface area contributed by atoms with Crippen LogP contribution in [0.15, 0.2) is 54.6 Å². The summed E-state index contributed by atoms with van der Waals surface area (Å²) in [4.78, 5) is 12.4. The second kappa shape index (κ2) is 6.75. The van der Waals surface area contributed by atoms with Gasteiger partial charge in [-0.05, 0) is 24.1 Å². The summed E-state index contributed by atoms with van der Waals surface area (Å²) in [6, 6.07) is 16.4. The van der Waals surface area contributed by atoms with Crippen LogP contribution in [-0.2, 0) is 4.79 Å². The Kier molecular flexibility index (Phi) is 4.77. The first-order chi connectivity index (χ1) is 9.70. The summed E-state index contributed by atoms with van der Waals surface area (Å²) < 4.78 is 0. The Morgan fingerprint density at radius 1 is 1.15 bits per heavy atom. The van der Waals surface area contributed by atoms with Crippen LogP contribution in [0.5, 0.6) is 5.75 Å². The number of phenols is 1. The third kappa shape index (κ3) is 3.60. The minimum atomic E-state index is -0.163. The van der Waals surface area contributed by atoms with Gasteiger partial charge in [-0.15, -0.1) is 0 Å². The lowest BCUT2D eigenvalue weighted by atomic mass is 9.93. The molecule has 104 valence electrons. The van der Waals surface area contributed by atoms with E-state index in [1.54, 1.807) is 24.3 Å². The Balaban J connectivity index is 2.15. The number of phenolic OH excluding ortho intramolecular Hbond substituents is 1. The molecule has 2 aromatic carbocycles. The molecule has 2 N–H and O–H groups in total. The highest BCUT2D eigenvalue weighted by Gasteiger charge is 2.19. The van der Waals surface area contributed by atoms with Crippen molar-refractivity contribution in [3.05, 3.63) is 60.2 Å². The van der Waals surface area contributed by atoms with E-state index in [2.05, 4.69) is 12.2 Å². The van der Waals surface area contributed by atoms with Gasteiger partial charge in [0.05, 0.1) is 5.92 Å². The van der Waals surface area contributed by atoms with Crippen molar-refractivity contribution < 1.29 is 9.90 Å². The SMILES string of the molecule is CCCC(C(=O)Nc1cccc(O)c1)c1ccccc1. The van der Waals surface area contributed by atoms with Crippen LogP contribution in [0.2, 0.25) is 0 Å². The van der Waals surface area contributed by atoms with Crippen LogP contribution >= 0.6 is 0 Å². The maximum Gasteiger partial charge on any atom is 0.231 e. The first-order valence-electron chi connectivity index (χ1n) is 6.85. The normalized spacial score (nSPS) is 11.8. The Labute approximate surface area is 119 Å². The highest BCUT2D eigenvalue weighted by atomic mass is 16.3. The van der Waals surface area contributed by atoms with Crippen LogP contribution in [0.3, 0.4) is 0 Å². The molecule has 0 saturated heterocycles. The Hall–Kier alpha value is -2.29. The number of rotatable bonds is 5. The van der Waals surface area contributed by atoms with Gasteiger partial charge in [-0.2, -0.15) is 0 Å².